The summed E-state index contributed by atoms with van der Waals surface area (Å²) >= 11 is 0. The zero-order valence-corrected chi connectivity index (χ0v) is 31.1. The summed E-state index contributed by atoms with van der Waals surface area (Å²) < 4.78 is 59.5. The van der Waals surface area contributed by atoms with Crippen molar-refractivity contribution in [2.45, 2.75) is 97.1 Å². The molecule has 0 spiro atoms. The van der Waals surface area contributed by atoms with Crippen LogP contribution in [0.3, 0.4) is 0 Å². The first-order valence-electron chi connectivity index (χ1n) is 17.1. The highest BCUT2D eigenvalue weighted by Crippen LogP contribution is 2.46. The van der Waals surface area contributed by atoms with Crippen molar-refractivity contribution in [2.24, 2.45) is 11.8 Å². The summed E-state index contributed by atoms with van der Waals surface area (Å²) in [5, 5.41) is 5.19. The molecule has 1 aliphatic carbocycles. The van der Waals surface area contributed by atoms with Crippen molar-refractivity contribution in [2.75, 3.05) is 19.0 Å². The molecule has 2 heterocycles. The number of rotatable bonds is 17. The average Bonchev–Trinajstić information content (AvgIpc) is 3.51. The molecule has 0 saturated heterocycles. The molecule has 2 N–H and O–H groups in total. The number of esters is 2. The standard InChI is InChI=1S/C35H46FN6O9P/c1-8-35(47-7,20-48-52(46,51-26-17-13-10-14-18-26)41-24(6)33(45)49-25-15-11-9-12-16-25)27(50-32(44)23(4)5)19-42-21-37-28-29(38-31(43)22(2)3)39-34(36)40-30(28)42/h1,10,13-14,17-18,21-25,27H,9,11-12,15-16,19-20H2,2-7H3,(H,41,46)(H,38,39,40,43)/t24-,27-,35?,52?/m0/s1. The Morgan fingerprint density at radius 2 is 1.75 bits per heavy atom. The van der Waals surface area contributed by atoms with E-state index in [2.05, 4.69) is 31.3 Å². The van der Waals surface area contributed by atoms with E-state index in [4.69, 9.17) is 29.7 Å². The zero-order valence-electron chi connectivity index (χ0n) is 30.2. The van der Waals surface area contributed by atoms with E-state index in [-0.39, 0.29) is 35.4 Å². The van der Waals surface area contributed by atoms with E-state index in [9.17, 15) is 23.3 Å². The number of aromatic nitrogens is 4. The van der Waals surface area contributed by atoms with Gasteiger partial charge >= 0.3 is 25.8 Å². The number of ether oxygens (including phenoxy) is 3. The Morgan fingerprint density at radius 3 is 2.37 bits per heavy atom. The van der Waals surface area contributed by atoms with Crippen LogP contribution in [-0.4, -0.2) is 74.9 Å². The molecule has 0 aliphatic heterocycles. The predicted molar refractivity (Wildman–Crippen MR) is 188 cm³/mol. The number of carbonyl (C=O) groups is 3. The Bertz CT molecular complexity index is 1790. The van der Waals surface area contributed by atoms with Crippen LogP contribution in [0.4, 0.5) is 10.2 Å². The van der Waals surface area contributed by atoms with Gasteiger partial charge in [0.25, 0.3) is 0 Å². The fraction of sp³-hybridized carbons (Fsp3) is 0.543. The maximum Gasteiger partial charge on any atom is 0.459 e. The number of methoxy groups -OCH3 is 1. The quantitative estimate of drug-likeness (QED) is 0.0797. The van der Waals surface area contributed by atoms with E-state index < -0.39 is 67.9 Å². The van der Waals surface area contributed by atoms with Crippen molar-refractivity contribution in [3.63, 3.8) is 0 Å². The topological polar surface area (TPSA) is 182 Å². The van der Waals surface area contributed by atoms with Crippen LogP contribution < -0.4 is 14.9 Å². The van der Waals surface area contributed by atoms with Crippen LogP contribution in [0.25, 0.3) is 11.2 Å². The third-order valence-electron chi connectivity index (χ3n) is 8.38. The van der Waals surface area contributed by atoms with Crippen molar-refractivity contribution >= 4 is 42.6 Å². The molecular formula is C35H46FN6O9P. The zero-order chi connectivity index (χ0) is 38.1. The van der Waals surface area contributed by atoms with Crippen LogP contribution in [0.2, 0.25) is 0 Å². The SMILES string of the molecule is C#CC(COP(=O)(N[C@@H](C)C(=O)OC1CCCCC1)Oc1ccccc1)(OC)[C@H](Cn1cnc2c(NC(=O)C(C)C)nc(F)nc21)OC(=O)C(C)C. The van der Waals surface area contributed by atoms with E-state index >= 15 is 0 Å². The minimum Gasteiger partial charge on any atom is -0.461 e. The van der Waals surface area contributed by atoms with E-state index in [0.717, 1.165) is 32.1 Å². The first kappa shape index (κ1) is 40.4. The van der Waals surface area contributed by atoms with Gasteiger partial charge in [0.15, 0.2) is 28.7 Å². The summed E-state index contributed by atoms with van der Waals surface area (Å²) in [6.07, 6.45) is 8.97. The van der Waals surface area contributed by atoms with Gasteiger partial charge in [-0.3, -0.25) is 18.9 Å². The molecular weight excluding hydrogens is 698 g/mol. The molecule has 1 saturated carbocycles. The van der Waals surface area contributed by atoms with Gasteiger partial charge in [0.05, 0.1) is 18.8 Å². The monoisotopic (exact) mass is 744 g/mol. The number of benzene rings is 1. The molecule has 1 aromatic carbocycles. The molecule has 2 aromatic heterocycles. The number of amides is 1. The molecule has 2 unspecified atom stereocenters. The number of carbonyl (C=O) groups excluding carboxylic acids is 3. The van der Waals surface area contributed by atoms with E-state index in [0.29, 0.717) is 0 Å². The number of nitrogens with one attached hydrogen (secondary N) is 2. The van der Waals surface area contributed by atoms with Crippen LogP contribution in [0.5, 0.6) is 5.75 Å². The van der Waals surface area contributed by atoms with Gasteiger partial charge in [-0.05, 0) is 44.7 Å². The molecule has 0 radical (unpaired) electrons. The summed E-state index contributed by atoms with van der Waals surface area (Å²) in [5.41, 5.74) is -1.95. The van der Waals surface area contributed by atoms with Crippen molar-refractivity contribution in [3.8, 4) is 18.1 Å². The summed E-state index contributed by atoms with van der Waals surface area (Å²) in [7, 11) is -3.22. The van der Waals surface area contributed by atoms with Gasteiger partial charge in [-0.1, -0.05) is 58.2 Å². The second-order valence-electron chi connectivity index (χ2n) is 13.1. The smallest absolute Gasteiger partial charge is 0.459 e. The minimum atomic E-state index is -4.46. The Morgan fingerprint density at radius 1 is 1.06 bits per heavy atom. The van der Waals surface area contributed by atoms with Crippen LogP contribution in [0.15, 0.2) is 36.7 Å². The maximum atomic E-state index is 14.7. The molecule has 4 rings (SSSR count). The molecule has 4 atom stereocenters. The third-order valence-corrected chi connectivity index (χ3v) is 10.0. The molecule has 1 amide bonds. The van der Waals surface area contributed by atoms with Gasteiger partial charge in [0.2, 0.25) is 5.91 Å². The van der Waals surface area contributed by atoms with Crippen LogP contribution in [0.1, 0.15) is 66.7 Å². The van der Waals surface area contributed by atoms with Gasteiger partial charge in [-0.2, -0.15) is 19.4 Å². The lowest BCUT2D eigenvalue weighted by atomic mass is 9.97. The lowest BCUT2D eigenvalue weighted by Gasteiger charge is -2.36. The highest BCUT2D eigenvalue weighted by Gasteiger charge is 2.45. The summed E-state index contributed by atoms with van der Waals surface area (Å²) in [6, 6.07) is 7.00. The van der Waals surface area contributed by atoms with Gasteiger partial charge in [0, 0.05) is 13.0 Å². The molecule has 0 bridgehead atoms. The Kier molecular flexibility index (Phi) is 13.9. The average molecular weight is 745 g/mol. The molecule has 52 heavy (non-hydrogen) atoms. The van der Waals surface area contributed by atoms with Gasteiger partial charge in [-0.15, -0.1) is 6.42 Å². The Balaban J connectivity index is 1.66. The fourth-order valence-corrected chi connectivity index (χ4v) is 6.76. The predicted octanol–water partition coefficient (Wildman–Crippen LogP) is 5.20. The van der Waals surface area contributed by atoms with Gasteiger partial charge in [0.1, 0.15) is 24.5 Å². The summed E-state index contributed by atoms with van der Waals surface area (Å²) in [5.74, 6) is -0.303. The van der Waals surface area contributed by atoms with Crippen LogP contribution >= 0.6 is 7.75 Å². The second-order valence-corrected chi connectivity index (χ2v) is 14.8. The third kappa shape index (κ3) is 10.3. The second kappa shape index (κ2) is 17.9. The van der Waals surface area contributed by atoms with Crippen molar-refractivity contribution in [1.29, 1.82) is 0 Å². The lowest BCUT2D eigenvalue weighted by Crippen LogP contribution is -2.52. The number of hydrogen-bond acceptors (Lipinski definition) is 12. The molecule has 15 nitrogen and oxygen atoms in total. The van der Waals surface area contributed by atoms with E-state index in [1.54, 1.807) is 58.0 Å². The molecule has 1 aliphatic rings. The molecule has 17 heteroatoms. The Hall–Kier alpha value is -4.42. The molecule has 3 aromatic rings. The number of hydrogen-bond donors (Lipinski definition) is 2. The first-order valence-corrected chi connectivity index (χ1v) is 18.6. The number of anilines is 1. The van der Waals surface area contributed by atoms with Crippen LogP contribution in [-0.2, 0) is 44.2 Å². The van der Waals surface area contributed by atoms with Crippen molar-refractivity contribution in [1.82, 2.24) is 24.6 Å². The Labute approximate surface area is 302 Å². The first-order chi connectivity index (χ1) is 24.7. The number of halogens is 1. The van der Waals surface area contributed by atoms with Gasteiger partial charge < -0.3 is 28.6 Å². The van der Waals surface area contributed by atoms with Crippen molar-refractivity contribution < 1.29 is 46.6 Å². The minimum absolute atomic E-state index is 0.0508. The number of imidazole rings is 1. The fourth-order valence-electron chi connectivity index (χ4n) is 5.24. The van der Waals surface area contributed by atoms with E-state index in [1.807, 2.05) is 0 Å². The number of terminal acetylenes is 1. The number of nitrogens with zero attached hydrogens (tertiary/aromatic N) is 4. The van der Waals surface area contributed by atoms with E-state index in [1.165, 1.54) is 24.9 Å². The highest BCUT2D eigenvalue weighted by molar-refractivity contribution is 7.52. The van der Waals surface area contributed by atoms with Crippen molar-refractivity contribution in [3.05, 3.63) is 42.7 Å². The summed E-state index contributed by atoms with van der Waals surface area (Å²) in [4.78, 5) is 50.4. The maximum absolute atomic E-state index is 14.7. The van der Waals surface area contributed by atoms with Crippen LogP contribution in [0, 0.1) is 30.3 Å². The number of fused-ring (bicyclic) bond motifs is 1. The highest BCUT2D eigenvalue weighted by atomic mass is 31.2. The summed E-state index contributed by atoms with van der Waals surface area (Å²) in [6.45, 7) is 7.00. The molecule has 282 valence electrons. The lowest BCUT2D eigenvalue weighted by molar-refractivity contribution is -0.170. The normalized spacial score (nSPS) is 17.1. The largest absolute Gasteiger partial charge is 0.461 e. The van der Waals surface area contributed by atoms with Gasteiger partial charge in [-0.25, -0.2) is 9.55 Å². The number of para-hydroxylation sites is 1. The molecule has 1 fully saturated rings.